The number of benzene rings is 1. The third kappa shape index (κ3) is 4.66. The molecule has 0 amide bonds. The van der Waals surface area contributed by atoms with Crippen LogP contribution >= 0.6 is 0 Å². The molecular weight excluding hydrogens is 216 g/mol. The van der Waals surface area contributed by atoms with Crippen LogP contribution in [0.5, 0.6) is 5.75 Å². The van der Waals surface area contributed by atoms with Crippen LogP contribution in [0, 0.1) is 13.0 Å². The van der Waals surface area contributed by atoms with Crippen molar-refractivity contribution in [1.29, 1.82) is 0 Å². The van der Waals surface area contributed by atoms with Gasteiger partial charge in [-0.15, -0.1) is 12.1 Å². The quantitative estimate of drug-likeness (QED) is 0.414. The Morgan fingerprint density at radius 2 is 2.00 bits per heavy atom. The van der Waals surface area contributed by atoms with E-state index in [2.05, 4.69) is 6.07 Å². The molecule has 0 aliphatic carbocycles. The first-order chi connectivity index (χ1) is 4.33. The molecule has 3 heteroatoms. The van der Waals surface area contributed by atoms with E-state index in [1.807, 2.05) is 25.1 Å². The van der Waals surface area contributed by atoms with E-state index in [-0.39, 0.29) is 40.0 Å². The van der Waals surface area contributed by atoms with Crippen LogP contribution in [-0.4, -0.2) is 30.2 Å². The molecule has 0 N–H and O–H groups in total. The first-order valence-electron chi connectivity index (χ1n) is 2.84. The van der Waals surface area contributed by atoms with Crippen molar-refractivity contribution in [1.82, 2.24) is 0 Å². The summed E-state index contributed by atoms with van der Waals surface area (Å²) < 4.78 is 4.96. The molecule has 0 unspecified atom stereocenters. The summed E-state index contributed by atoms with van der Waals surface area (Å²) in [5, 5.41) is 0. The van der Waals surface area contributed by atoms with Crippen LogP contribution in [0.4, 0.5) is 0 Å². The molecule has 0 atom stereocenters. The molecule has 11 heavy (non-hydrogen) atoms. The minimum atomic E-state index is 0. The van der Waals surface area contributed by atoms with Crippen molar-refractivity contribution >= 4 is 23.1 Å². The molecule has 0 heterocycles. The molecule has 1 nitrogen and oxygen atoms in total. The summed E-state index contributed by atoms with van der Waals surface area (Å²) in [4.78, 5) is 0. The molecule has 1 aromatic carbocycles. The molecule has 0 aliphatic heterocycles. The van der Waals surface area contributed by atoms with Gasteiger partial charge in [-0.25, -0.2) is 0 Å². The fourth-order valence-electron chi connectivity index (χ4n) is 0.681. The van der Waals surface area contributed by atoms with Crippen LogP contribution in [0.25, 0.3) is 0 Å². The second-order valence-electron chi connectivity index (χ2n) is 1.95. The van der Waals surface area contributed by atoms with Crippen molar-refractivity contribution in [3.63, 3.8) is 0 Å². The first-order valence-corrected chi connectivity index (χ1v) is 2.84. The summed E-state index contributed by atoms with van der Waals surface area (Å²) in [5.74, 6) is 0.870. The van der Waals surface area contributed by atoms with Crippen LogP contribution < -0.4 is 21.7 Å². The van der Waals surface area contributed by atoms with Crippen LogP contribution in [0.1, 0.15) is 5.56 Å². The molecule has 0 saturated carbocycles. The third-order valence-corrected chi connectivity index (χ3v) is 1.14. The van der Waals surface area contributed by atoms with E-state index < -0.39 is 0 Å². The van der Waals surface area contributed by atoms with E-state index in [4.69, 9.17) is 4.74 Å². The van der Waals surface area contributed by atoms with Gasteiger partial charge >= 0.3 is 23.1 Å². The van der Waals surface area contributed by atoms with Gasteiger partial charge in [0.25, 0.3) is 0 Å². The molecule has 0 aliphatic rings. The molecule has 0 radical (unpaired) electrons. The SMILES string of the molecule is COc1c[c-]cc(C)c1.[Br-].[Mg+2]. The number of aryl methyl sites for hydroxylation is 1. The second kappa shape index (κ2) is 6.94. The van der Waals surface area contributed by atoms with Crippen molar-refractivity contribution < 1.29 is 21.7 Å². The molecular formula is C8H9BrMgO. The largest absolute Gasteiger partial charge is 2.00 e. The van der Waals surface area contributed by atoms with Gasteiger partial charge in [0.05, 0.1) is 7.11 Å². The summed E-state index contributed by atoms with van der Waals surface area (Å²) in [6.45, 7) is 2.01. The van der Waals surface area contributed by atoms with Gasteiger partial charge in [-0.1, -0.05) is 6.92 Å². The Hall–Kier alpha value is 0.266. The normalized spacial score (nSPS) is 7.45. The van der Waals surface area contributed by atoms with Gasteiger partial charge < -0.3 is 21.7 Å². The topological polar surface area (TPSA) is 9.23 Å². The fourth-order valence-corrected chi connectivity index (χ4v) is 0.681. The molecule has 1 aromatic rings. The van der Waals surface area contributed by atoms with Gasteiger partial charge in [0.1, 0.15) is 0 Å². The van der Waals surface area contributed by atoms with Gasteiger partial charge in [0, 0.05) is 5.75 Å². The van der Waals surface area contributed by atoms with Crippen molar-refractivity contribution in [3.8, 4) is 5.75 Å². The van der Waals surface area contributed by atoms with Gasteiger partial charge in [-0.3, -0.25) is 0 Å². The Morgan fingerprint density at radius 1 is 1.36 bits per heavy atom. The van der Waals surface area contributed by atoms with E-state index in [0.29, 0.717) is 0 Å². The number of methoxy groups -OCH3 is 1. The Balaban J connectivity index is 0. The molecule has 0 fully saturated rings. The monoisotopic (exact) mass is 224 g/mol. The zero-order valence-corrected chi connectivity index (χ0v) is 9.73. The van der Waals surface area contributed by atoms with E-state index in [1.165, 1.54) is 5.56 Å². The van der Waals surface area contributed by atoms with Crippen LogP contribution in [0.15, 0.2) is 18.2 Å². The average Bonchev–Trinajstić information content (AvgIpc) is 1.88. The number of ether oxygens (including phenoxy) is 1. The Labute approximate surface area is 94.1 Å². The van der Waals surface area contributed by atoms with Crippen molar-refractivity contribution in [2.45, 2.75) is 6.92 Å². The summed E-state index contributed by atoms with van der Waals surface area (Å²) in [6, 6.07) is 8.66. The molecule has 0 aromatic heterocycles. The van der Waals surface area contributed by atoms with Crippen LogP contribution in [-0.2, 0) is 0 Å². The molecule has 56 valence electrons. The van der Waals surface area contributed by atoms with Crippen molar-refractivity contribution in [2.24, 2.45) is 0 Å². The number of hydrogen-bond donors (Lipinski definition) is 0. The zero-order chi connectivity index (χ0) is 6.69. The molecule has 0 spiro atoms. The Morgan fingerprint density at radius 3 is 2.36 bits per heavy atom. The summed E-state index contributed by atoms with van der Waals surface area (Å²) >= 11 is 0. The summed E-state index contributed by atoms with van der Waals surface area (Å²) in [6.07, 6.45) is 0. The molecule has 1 rings (SSSR count). The predicted octanol–water partition coefficient (Wildman–Crippen LogP) is -1.57. The minimum absolute atomic E-state index is 0. The Kier molecular flexibility index (Phi) is 8.73. The number of halogens is 1. The predicted molar refractivity (Wildman–Crippen MR) is 42.3 cm³/mol. The zero-order valence-electron chi connectivity index (χ0n) is 6.73. The van der Waals surface area contributed by atoms with Gasteiger partial charge in [0.2, 0.25) is 0 Å². The number of hydrogen-bond acceptors (Lipinski definition) is 1. The minimum Gasteiger partial charge on any atom is -1.00 e. The molecule has 0 bridgehead atoms. The smallest absolute Gasteiger partial charge is 1.00 e. The Bertz CT molecular complexity index is 203. The second-order valence-corrected chi connectivity index (χ2v) is 1.95. The van der Waals surface area contributed by atoms with Crippen LogP contribution in [0.3, 0.4) is 0 Å². The van der Waals surface area contributed by atoms with Crippen molar-refractivity contribution in [2.75, 3.05) is 7.11 Å². The average molecular weight is 225 g/mol. The van der Waals surface area contributed by atoms with E-state index >= 15 is 0 Å². The maximum absolute atomic E-state index is 4.96. The number of rotatable bonds is 1. The van der Waals surface area contributed by atoms with Crippen molar-refractivity contribution in [3.05, 3.63) is 29.8 Å². The maximum atomic E-state index is 4.96. The maximum Gasteiger partial charge on any atom is 2.00 e. The standard InChI is InChI=1S/C8H9O.BrH.Mg/c1-7-4-3-5-8(6-7)9-2;;/h4-6H,1-2H3;1H;/q-1;;+2/p-1. The summed E-state index contributed by atoms with van der Waals surface area (Å²) in [5.41, 5.74) is 1.18. The van der Waals surface area contributed by atoms with E-state index in [9.17, 15) is 0 Å². The van der Waals surface area contributed by atoms with E-state index in [0.717, 1.165) is 5.75 Å². The van der Waals surface area contributed by atoms with Gasteiger partial charge in [-0.2, -0.15) is 17.7 Å². The van der Waals surface area contributed by atoms with E-state index in [1.54, 1.807) is 7.11 Å². The fraction of sp³-hybridized carbons (Fsp3) is 0.250. The van der Waals surface area contributed by atoms with Gasteiger partial charge in [-0.05, 0) is 0 Å². The van der Waals surface area contributed by atoms with Gasteiger partial charge in [0.15, 0.2) is 0 Å². The third-order valence-electron chi connectivity index (χ3n) is 1.14. The summed E-state index contributed by atoms with van der Waals surface area (Å²) in [7, 11) is 1.66. The van der Waals surface area contributed by atoms with Crippen LogP contribution in [0.2, 0.25) is 0 Å². The molecule has 0 saturated heterocycles. The first kappa shape index (κ1) is 13.8.